The van der Waals surface area contributed by atoms with Crippen LogP contribution in [0.25, 0.3) is 5.70 Å². The number of aromatic nitrogens is 2. The van der Waals surface area contributed by atoms with E-state index in [4.69, 9.17) is 11.6 Å². The van der Waals surface area contributed by atoms with Crippen LogP contribution in [0, 0.1) is 13.8 Å². The summed E-state index contributed by atoms with van der Waals surface area (Å²) in [5.74, 6) is 5.71. The molecule has 2 heterocycles. The minimum atomic E-state index is -4.54. The van der Waals surface area contributed by atoms with E-state index >= 15 is 0 Å². The Hall–Kier alpha value is -3.83. The lowest BCUT2D eigenvalue weighted by Crippen LogP contribution is -2.30. The molecule has 0 atom stereocenters. The number of hydrogen-bond acceptors (Lipinski definition) is 6. The van der Waals surface area contributed by atoms with Gasteiger partial charge in [-0.1, -0.05) is 18.6 Å². The molecular weight excluding hydrogens is 507 g/mol. The van der Waals surface area contributed by atoms with Gasteiger partial charge < -0.3 is 11.1 Å². The van der Waals surface area contributed by atoms with Crippen LogP contribution >= 0.6 is 0 Å². The highest BCUT2D eigenvalue weighted by Crippen LogP contribution is 2.35. The number of anilines is 2. The molecule has 11 heteroatoms. The van der Waals surface area contributed by atoms with Crippen LogP contribution in [0.3, 0.4) is 0 Å². The summed E-state index contributed by atoms with van der Waals surface area (Å²) < 4.78 is 43.4. The van der Waals surface area contributed by atoms with Crippen molar-refractivity contribution in [1.82, 2.24) is 14.7 Å². The molecule has 39 heavy (non-hydrogen) atoms. The molecule has 1 fully saturated rings. The second-order valence-electron chi connectivity index (χ2n) is 9.92. The van der Waals surface area contributed by atoms with Gasteiger partial charge in [-0.2, -0.15) is 18.3 Å². The Kier molecular flexibility index (Phi) is 8.31. The number of benzene rings is 2. The third-order valence-electron chi connectivity index (χ3n) is 7.09. The molecule has 208 valence electrons. The summed E-state index contributed by atoms with van der Waals surface area (Å²) in [5, 5.41) is 8.09. The lowest BCUT2D eigenvalue weighted by molar-refractivity contribution is -0.138. The second kappa shape index (κ2) is 11.5. The molecule has 1 aliphatic rings. The standard InChI is InChI=1S/C28H34F3N7O/c1-18-7-8-20(13-26(18)38(33)17-25(32)23-15-34-36(3)19(23)2)27(39)35-22-10-9-21(24(14-22)28(29,30)31)16-37-11-5-4-6-12-37/h7-10,13-15,17H,4-6,11-12,16,32-33H2,1-3H3,(H,35,39)/b25-17-. The second-order valence-corrected chi connectivity index (χ2v) is 9.92. The highest BCUT2D eigenvalue weighted by atomic mass is 19.4. The maximum atomic E-state index is 13.9. The molecule has 1 aliphatic heterocycles. The van der Waals surface area contributed by atoms with E-state index in [1.165, 1.54) is 23.3 Å². The van der Waals surface area contributed by atoms with E-state index in [0.717, 1.165) is 55.2 Å². The van der Waals surface area contributed by atoms with Gasteiger partial charge in [0.05, 0.1) is 23.1 Å². The number of piperidine rings is 1. The van der Waals surface area contributed by atoms with Gasteiger partial charge in [0.2, 0.25) is 0 Å². The van der Waals surface area contributed by atoms with Crippen molar-refractivity contribution >= 4 is 23.0 Å². The monoisotopic (exact) mass is 541 g/mol. The normalized spacial score (nSPS) is 14.9. The SMILES string of the molecule is Cc1ccc(C(=O)Nc2ccc(CN3CCCCC3)c(C(F)(F)F)c2)cc1N(N)/C=C(\N)c1cnn(C)c1C. The molecule has 1 aromatic heterocycles. The molecule has 0 spiro atoms. The number of hydrazine groups is 1. The lowest BCUT2D eigenvalue weighted by atomic mass is 10.0. The largest absolute Gasteiger partial charge is 0.416 e. The topological polar surface area (TPSA) is 105 Å². The molecule has 5 N–H and O–H groups in total. The van der Waals surface area contributed by atoms with Crippen molar-refractivity contribution in [2.45, 2.75) is 45.8 Å². The van der Waals surface area contributed by atoms with Gasteiger partial charge in [0.25, 0.3) is 5.91 Å². The average molecular weight is 542 g/mol. The quantitative estimate of drug-likeness (QED) is 0.289. The van der Waals surface area contributed by atoms with Crippen LogP contribution in [0.15, 0.2) is 48.8 Å². The molecule has 3 aromatic rings. The van der Waals surface area contributed by atoms with Crippen molar-refractivity contribution < 1.29 is 18.0 Å². The average Bonchev–Trinajstić information content (AvgIpc) is 3.23. The summed E-state index contributed by atoms with van der Waals surface area (Å²) in [6.45, 7) is 5.50. The van der Waals surface area contributed by atoms with Crippen LogP contribution in [-0.2, 0) is 19.8 Å². The zero-order chi connectivity index (χ0) is 28.3. The number of nitrogens with one attached hydrogen (secondary N) is 1. The van der Waals surface area contributed by atoms with Crippen molar-refractivity contribution in [3.63, 3.8) is 0 Å². The Morgan fingerprint density at radius 1 is 1.13 bits per heavy atom. The third-order valence-corrected chi connectivity index (χ3v) is 7.09. The van der Waals surface area contributed by atoms with Crippen molar-refractivity contribution in [2.24, 2.45) is 18.6 Å². The smallest absolute Gasteiger partial charge is 0.397 e. The van der Waals surface area contributed by atoms with Crippen LogP contribution < -0.4 is 21.9 Å². The predicted molar refractivity (Wildman–Crippen MR) is 146 cm³/mol. The Labute approximate surface area is 226 Å². The number of carbonyl (C=O) groups excluding carboxylic acids is 1. The number of nitrogens with two attached hydrogens (primary N) is 2. The number of rotatable bonds is 7. The van der Waals surface area contributed by atoms with Crippen molar-refractivity contribution in [2.75, 3.05) is 23.4 Å². The van der Waals surface area contributed by atoms with Gasteiger partial charge in [-0.25, -0.2) is 5.84 Å². The fourth-order valence-electron chi connectivity index (χ4n) is 4.72. The summed E-state index contributed by atoms with van der Waals surface area (Å²) in [5.41, 5.74) is 9.27. The van der Waals surface area contributed by atoms with E-state index in [1.54, 1.807) is 36.1 Å². The molecule has 0 radical (unpaired) electrons. The molecule has 2 aromatic carbocycles. The first kappa shape index (κ1) is 28.2. The Morgan fingerprint density at radius 3 is 2.49 bits per heavy atom. The fourth-order valence-corrected chi connectivity index (χ4v) is 4.72. The summed E-state index contributed by atoms with van der Waals surface area (Å²) in [6, 6.07) is 8.84. The number of halogens is 3. The summed E-state index contributed by atoms with van der Waals surface area (Å²) in [6.07, 6.45) is 1.70. The van der Waals surface area contributed by atoms with Crippen LogP contribution in [0.2, 0.25) is 0 Å². The number of carbonyl (C=O) groups is 1. The maximum absolute atomic E-state index is 13.9. The Morgan fingerprint density at radius 2 is 1.85 bits per heavy atom. The van der Waals surface area contributed by atoms with Gasteiger partial charge in [0.15, 0.2) is 0 Å². The molecule has 4 rings (SSSR count). The summed E-state index contributed by atoms with van der Waals surface area (Å²) >= 11 is 0. The first-order valence-corrected chi connectivity index (χ1v) is 12.8. The maximum Gasteiger partial charge on any atom is 0.416 e. The van der Waals surface area contributed by atoms with Crippen LogP contribution in [-0.4, -0.2) is 33.7 Å². The molecule has 0 unspecified atom stereocenters. The number of likely N-dealkylation sites (tertiary alicyclic amines) is 1. The fraction of sp³-hybridized carbons (Fsp3) is 0.357. The van der Waals surface area contributed by atoms with Crippen LogP contribution in [0.5, 0.6) is 0 Å². The zero-order valence-electron chi connectivity index (χ0n) is 22.3. The van der Waals surface area contributed by atoms with Gasteiger partial charge in [0, 0.05) is 42.3 Å². The van der Waals surface area contributed by atoms with E-state index in [9.17, 15) is 18.0 Å². The Balaban J connectivity index is 1.54. The van der Waals surface area contributed by atoms with E-state index in [0.29, 0.717) is 11.4 Å². The number of hydrogen-bond donors (Lipinski definition) is 3. The first-order valence-electron chi connectivity index (χ1n) is 12.8. The van der Waals surface area contributed by atoms with Crippen molar-refractivity contribution in [1.29, 1.82) is 0 Å². The Bertz CT molecular complexity index is 1370. The molecule has 0 aliphatic carbocycles. The molecule has 0 saturated carbocycles. The number of amides is 1. The van der Waals surface area contributed by atoms with E-state index < -0.39 is 17.6 Å². The van der Waals surface area contributed by atoms with Gasteiger partial charge in [-0.05, 0) is 75.2 Å². The molecular formula is C28H34F3N7O. The molecule has 1 saturated heterocycles. The molecule has 0 bridgehead atoms. The van der Waals surface area contributed by atoms with E-state index in [1.807, 2.05) is 18.7 Å². The number of alkyl halides is 3. The van der Waals surface area contributed by atoms with Crippen molar-refractivity contribution in [3.05, 3.63) is 82.3 Å². The zero-order valence-corrected chi connectivity index (χ0v) is 22.3. The highest BCUT2D eigenvalue weighted by Gasteiger charge is 2.34. The summed E-state index contributed by atoms with van der Waals surface area (Å²) in [4.78, 5) is 15.1. The third kappa shape index (κ3) is 6.61. The van der Waals surface area contributed by atoms with Gasteiger partial charge in [0.1, 0.15) is 0 Å². The van der Waals surface area contributed by atoms with Gasteiger partial charge in [-0.3, -0.25) is 19.4 Å². The lowest BCUT2D eigenvalue weighted by Gasteiger charge is -2.27. The summed E-state index contributed by atoms with van der Waals surface area (Å²) in [7, 11) is 1.80. The predicted octanol–water partition coefficient (Wildman–Crippen LogP) is 4.93. The molecule has 8 nitrogen and oxygen atoms in total. The highest BCUT2D eigenvalue weighted by molar-refractivity contribution is 6.05. The van der Waals surface area contributed by atoms with Crippen LogP contribution in [0.1, 0.15) is 57.6 Å². The van der Waals surface area contributed by atoms with Crippen molar-refractivity contribution in [3.8, 4) is 0 Å². The van der Waals surface area contributed by atoms with E-state index in [-0.39, 0.29) is 23.4 Å². The minimum absolute atomic E-state index is 0.0673. The molecule has 1 amide bonds. The van der Waals surface area contributed by atoms with Crippen LogP contribution in [0.4, 0.5) is 24.5 Å². The minimum Gasteiger partial charge on any atom is -0.397 e. The van der Waals surface area contributed by atoms with E-state index in [2.05, 4.69) is 10.4 Å². The van der Waals surface area contributed by atoms with Gasteiger partial charge >= 0.3 is 6.18 Å². The number of aryl methyl sites for hydroxylation is 2. The first-order chi connectivity index (χ1) is 18.4. The number of nitrogens with zero attached hydrogens (tertiary/aromatic N) is 4. The van der Waals surface area contributed by atoms with Gasteiger partial charge in [-0.15, -0.1) is 0 Å².